The van der Waals surface area contributed by atoms with Crippen molar-refractivity contribution in [3.63, 3.8) is 0 Å². The maximum Gasteiger partial charge on any atom is 0.266 e. The van der Waals surface area contributed by atoms with Crippen molar-refractivity contribution in [1.82, 2.24) is 4.98 Å². The minimum absolute atomic E-state index is 0.000966. The van der Waals surface area contributed by atoms with Crippen LogP contribution in [0.3, 0.4) is 0 Å². The van der Waals surface area contributed by atoms with Crippen LogP contribution in [0.1, 0.15) is 16.3 Å². The SMILES string of the molecule is Cc1ccc(S(=O)(=O)N(Cc2csc(C)n2)c2ccc(F)cc2)c(Cl)c1. The number of aromatic nitrogens is 1. The Labute approximate surface area is 160 Å². The average Bonchev–Trinajstić information content (AvgIpc) is 2.98. The van der Waals surface area contributed by atoms with Gasteiger partial charge in [0.05, 0.1) is 28.0 Å². The number of thiazole rings is 1. The molecule has 0 radical (unpaired) electrons. The van der Waals surface area contributed by atoms with E-state index in [2.05, 4.69) is 4.98 Å². The van der Waals surface area contributed by atoms with Gasteiger partial charge in [-0.1, -0.05) is 17.7 Å². The Bertz CT molecular complexity index is 1030. The van der Waals surface area contributed by atoms with Crippen molar-refractivity contribution in [1.29, 1.82) is 0 Å². The lowest BCUT2D eigenvalue weighted by molar-refractivity contribution is 0.589. The summed E-state index contributed by atoms with van der Waals surface area (Å²) < 4.78 is 41.1. The summed E-state index contributed by atoms with van der Waals surface area (Å²) in [6, 6.07) is 10.1. The fraction of sp³-hybridized carbons (Fsp3) is 0.167. The fourth-order valence-electron chi connectivity index (χ4n) is 2.48. The summed E-state index contributed by atoms with van der Waals surface area (Å²) in [6.07, 6.45) is 0. The number of nitrogens with zero attached hydrogens (tertiary/aromatic N) is 2. The van der Waals surface area contributed by atoms with E-state index >= 15 is 0 Å². The highest BCUT2D eigenvalue weighted by Crippen LogP contribution is 2.31. The van der Waals surface area contributed by atoms with E-state index in [1.807, 2.05) is 13.8 Å². The molecule has 1 heterocycles. The summed E-state index contributed by atoms with van der Waals surface area (Å²) in [5.41, 5.74) is 1.81. The number of sulfonamides is 1. The van der Waals surface area contributed by atoms with E-state index in [9.17, 15) is 12.8 Å². The zero-order valence-electron chi connectivity index (χ0n) is 14.1. The highest BCUT2D eigenvalue weighted by molar-refractivity contribution is 7.93. The first-order valence-corrected chi connectivity index (χ1v) is 10.4. The Hall–Kier alpha value is -1.96. The van der Waals surface area contributed by atoms with Crippen LogP contribution in [0.25, 0.3) is 0 Å². The van der Waals surface area contributed by atoms with Gasteiger partial charge in [-0.15, -0.1) is 11.3 Å². The van der Waals surface area contributed by atoms with Gasteiger partial charge in [0, 0.05) is 5.38 Å². The molecular weight excluding hydrogens is 395 g/mol. The summed E-state index contributed by atoms with van der Waals surface area (Å²) in [6.45, 7) is 3.71. The molecule has 3 rings (SSSR count). The molecule has 0 bridgehead atoms. The average molecular weight is 411 g/mol. The Balaban J connectivity index is 2.10. The van der Waals surface area contributed by atoms with Gasteiger partial charge in [0.2, 0.25) is 0 Å². The van der Waals surface area contributed by atoms with Crippen molar-refractivity contribution < 1.29 is 12.8 Å². The van der Waals surface area contributed by atoms with Crippen LogP contribution in [0.2, 0.25) is 5.02 Å². The predicted molar refractivity (Wildman–Crippen MR) is 103 cm³/mol. The van der Waals surface area contributed by atoms with Crippen LogP contribution in [-0.4, -0.2) is 13.4 Å². The Morgan fingerprint density at radius 3 is 2.42 bits per heavy atom. The molecule has 8 heteroatoms. The molecule has 0 aliphatic heterocycles. The molecule has 0 spiro atoms. The van der Waals surface area contributed by atoms with Crippen LogP contribution in [0.15, 0.2) is 52.7 Å². The number of anilines is 1. The monoisotopic (exact) mass is 410 g/mol. The zero-order valence-corrected chi connectivity index (χ0v) is 16.5. The third kappa shape index (κ3) is 3.90. The van der Waals surface area contributed by atoms with E-state index in [1.54, 1.807) is 17.5 Å². The van der Waals surface area contributed by atoms with Crippen LogP contribution in [0.5, 0.6) is 0 Å². The number of benzene rings is 2. The molecule has 26 heavy (non-hydrogen) atoms. The van der Waals surface area contributed by atoms with Crippen LogP contribution >= 0.6 is 22.9 Å². The van der Waals surface area contributed by atoms with Crippen LogP contribution in [0.4, 0.5) is 10.1 Å². The van der Waals surface area contributed by atoms with Gasteiger partial charge in [0.25, 0.3) is 10.0 Å². The summed E-state index contributed by atoms with van der Waals surface area (Å²) in [5, 5.41) is 2.79. The van der Waals surface area contributed by atoms with Gasteiger partial charge in [-0.2, -0.15) is 0 Å². The summed E-state index contributed by atoms with van der Waals surface area (Å²) in [4.78, 5) is 4.34. The molecule has 0 fully saturated rings. The first-order valence-electron chi connectivity index (χ1n) is 7.73. The minimum atomic E-state index is -3.96. The fourth-order valence-corrected chi connectivity index (χ4v) is 5.10. The molecule has 0 unspecified atom stereocenters. The van der Waals surface area contributed by atoms with Gasteiger partial charge in [0.1, 0.15) is 10.7 Å². The molecule has 0 atom stereocenters. The molecule has 0 saturated heterocycles. The molecule has 4 nitrogen and oxygen atoms in total. The van der Waals surface area contributed by atoms with Crippen LogP contribution in [0, 0.1) is 19.7 Å². The first kappa shape index (κ1) is 18.8. The maximum atomic E-state index is 13.3. The third-order valence-corrected chi connectivity index (χ3v) is 6.82. The predicted octanol–water partition coefficient (Wildman–Crippen LogP) is 4.95. The van der Waals surface area contributed by atoms with E-state index < -0.39 is 15.8 Å². The standard InChI is InChI=1S/C18H16ClFN2O2S2/c1-12-3-8-18(17(19)9-12)26(23,24)22(10-15-11-25-13(2)21-15)16-6-4-14(20)5-7-16/h3-9,11H,10H2,1-2H3. The number of aryl methyl sites for hydroxylation is 2. The summed E-state index contributed by atoms with van der Waals surface area (Å²) >= 11 is 7.64. The van der Waals surface area contributed by atoms with Crippen molar-refractivity contribution in [3.8, 4) is 0 Å². The largest absolute Gasteiger partial charge is 0.266 e. The quantitative estimate of drug-likeness (QED) is 0.598. The smallest absolute Gasteiger partial charge is 0.260 e. The number of hydrogen-bond donors (Lipinski definition) is 0. The molecule has 136 valence electrons. The van der Waals surface area contributed by atoms with Gasteiger partial charge < -0.3 is 0 Å². The second kappa shape index (κ2) is 7.34. The molecule has 3 aromatic rings. The number of hydrogen-bond acceptors (Lipinski definition) is 4. The zero-order chi connectivity index (χ0) is 18.9. The van der Waals surface area contributed by atoms with E-state index in [4.69, 9.17) is 11.6 Å². The lowest BCUT2D eigenvalue weighted by atomic mass is 10.2. The van der Waals surface area contributed by atoms with Crippen LogP contribution < -0.4 is 4.31 Å². The van der Waals surface area contributed by atoms with Gasteiger partial charge in [0.15, 0.2) is 0 Å². The topological polar surface area (TPSA) is 50.3 Å². The van der Waals surface area contributed by atoms with Crippen LogP contribution in [-0.2, 0) is 16.6 Å². The minimum Gasteiger partial charge on any atom is -0.260 e. The van der Waals surface area contributed by atoms with E-state index in [-0.39, 0.29) is 16.5 Å². The molecule has 1 aromatic heterocycles. The Kier molecular flexibility index (Phi) is 5.32. The number of rotatable bonds is 5. The lowest BCUT2D eigenvalue weighted by Crippen LogP contribution is -2.31. The Morgan fingerprint density at radius 1 is 1.15 bits per heavy atom. The van der Waals surface area contributed by atoms with Gasteiger partial charge >= 0.3 is 0 Å². The van der Waals surface area contributed by atoms with Crippen molar-refractivity contribution >= 4 is 38.6 Å². The van der Waals surface area contributed by atoms with Gasteiger partial charge in [-0.05, 0) is 55.8 Å². The molecule has 0 aliphatic carbocycles. The number of halogens is 2. The maximum absolute atomic E-state index is 13.3. The van der Waals surface area contributed by atoms with Gasteiger partial charge in [-0.25, -0.2) is 17.8 Å². The highest BCUT2D eigenvalue weighted by atomic mass is 35.5. The molecule has 2 aromatic carbocycles. The van der Waals surface area contributed by atoms with Crippen molar-refractivity contribution in [2.75, 3.05) is 4.31 Å². The molecule has 0 N–H and O–H groups in total. The molecule has 0 aliphatic rings. The molecule has 0 amide bonds. The molecular formula is C18H16ClFN2O2S2. The lowest BCUT2D eigenvalue weighted by Gasteiger charge is -2.24. The van der Waals surface area contributed by atoms with E-state index in [0.717, 1.165) is 10.6 Å². The van der Waals surface area contributed by atoms with E-state index in [1.165, 1.54) is 46.0 Å². The second-order valence-electron chi connectivity index (χ2n) is 5.78. The third-order valence-electron chi connectivity index (χ3n) is 3.74. The second-order valence-corrected chi connectivity index (χ2v) is 9.08. The first-order chi connectivity index (χ1) is 12.3. The summed E-state index contributed by atoms with van der Waals surface area (Å²) in [5.74, 6) is -0.441. The Morgan fingerprint density at radius 2 is 1.85 bits per heavy atom. The molecule has 0 saturated carbocycles. The summed E-state index contributed by atoms with van der Waals surface area (Å²) in [7, 11) is -3.96. The van der Waals surface area contributed by atoms with Crippen molar-refractivity contribution in [3.05, 3.63) is 74.9 Å². The normalized spacial score (nSPS) is 11.5. The van der Waals surface area contributed by atoms with Crippen molar-refractivity contribution in [2.45, 2.75) is 25.3 Å². The van der Waals surface area contributed by atoms with Crippen molar-refractivity contribution in [2.24, 2.45) is 0 Å². The van der Waals surface area contributed by atoms with E-state index in [0.29, 0.717) is 11.4 Å². The van der Waals surface area contributed by atoms with Gasteiger partial charge in [-0.3, -0.25) is 4.31 Å². The highest BCUT2D eigenvalue weighted by Gasteiger charge is 2.28.